The summed E-state index contributed by atoms with van der Waals surface area (Å²) >= 11 is 0. The Hall–Kier alpha value is -3.66. The highest BCUT2D eigenvalue weighted by Crippen LogP contribution is 2.34. The van der Waals surface area contributed by atoms with E-state index in [1.54, 1.807) is 24.3 Å². The van der Waals surface area contributed by atoms with Crippen LogP contribution in [-0.4, -0.2) is 32.8 Å². The molecule has 1 atom stereocenters. The molecule has 3 rings (SSSR count). The summed E-state index contributed by atoms with van der Waals surface area (Å²) in [4.78, 5) is 12.6. The Labute approximate surface area is 182 Å². The summed E-state index contributed by atoms with van der Waals surface area (Å²) in [5.41, 5.74) is 1.73. The Kier molecular flexibility index (Phi) is 7.39. The zero-order valence-electron chi connectivity index (χ0n) is 17.9. The number of fused-ring (bicyclic) bond motifs is 1. The van der Waals surface area contributed by atoms with Crippen LogP contribution in [0.1, 0.15) is 31.0 Å². The smallest absolute Gasteiger partial charge is 0.244 e. The van der Waals surface area contributed by atoms with Crippen molar-refractivity contribution >= 4 is 12.0 Å². The van der Waals surface area contributed by atoms with E-state index in [1.807, 2.05) is 24.3 Å². The Morgan fingerprint density at radius 1 is 1.16 bits per heavy atom. The summed E-state index contributed by atoms with van der Waals surface area (Å²) in [6.45, 7) is 5.09. The lowest BCUT2D eigenvalue weighted by Gasteiger charge is -2.25. The molecule has 7 nitrogen and oxygen atoms in total. The number of carbonyl (C=O) groups excluding carboxylic acids is 1. The van der Waals surface area contributed by atoms with Gasteiger partial charge in [-0.1, -0.05) is 26.0 Å². The molecule has 0 fully saturated rings. The molecule has 0 saturated heterocycles. The molecular weight excluding hydrogens is 396 g/mol. The van der Waals surface area contributed by atoms with Gasteiger partial charge in [-0.2, -0.15) is 5.26 Å². The molecule has 0 saturated carbocycles. The number of hydrogen-bond acceptors (Lipinski definition) is 6. The fourth-order valence-electron chi connectivity index (χ4n) is 3.28. The van der Waals surface area contributed by atoms with Gasteiger partial charge in [-0.05, 0) is 47.4 Å². The van der Waals surface area contributed by atoms with Gasteiger partial charge in [-0.25, -0.2) is 0 Å². The van der Waals surface area contributed by atoms with E-state index in [0.29, 0.717) is 30.5 Å². The number of nitriles is 1. The van der Waals surface area contributed by atoms with Crippen LogP contribution in [0.2, 0.25) is 0 Å². The van der Waals surface area contributed by atoms with Crippen LogP contribution in [0.25, 0.3) is 6.08 Å². The molecule has 2 aromatic carbocycles. The molecule has 0 spiro atoms. The monoisotopic (exact) mass is 422 g/mol. The zero-order chi connectivity index (χ0) is 22.2. The largest absolute Gasteiger partial charge is 0.493 e. The van der Waals surface area contributed by atoms with Gasteiger partial charge in [-0.15, -0.1) is 0 Å². The lowest BCUT2D eigenvalue weighted by Crippen LogP contribution is -2.30. The first-order valence-electron chi connectivity index (χ1n) is 10.1. The van der Waals surface area contributed by atoms with Crippen molar-refractivity contribution < 1.29 is 23.7 Å². The van der Waals surface area contributed by atoms with Gasteiger partial charge in [0.2, 0.25) is 5.91 Å². The summed E-state index contributed by atoms with van der Waals surface area (Å²) in [7, 11) is 1.52. The molecule has 0 aliphatic carbocycles. The van der Waals surface area contributed by atoms with Gasteiger partial charge < -0.3 is 24.3 Å². The maximum absolute atomic E-state index is 12.6. The quantitative estimate of drug-likeness (QED) is 0.649. The predicted molar refractivity (Wildman–Crippen MR) is 116 cm³/mol. The topological polar surface area (TPSA) is 89.8 Å². The normalized spacial score (nSPS) is 13.5. The van der Waals surface area contributed by atoms with Gasteiger partial charge in [0.25, 0.3) is 0 Å². The third-order valence-electron chi connectivity index (χ3n) is 4.80. The average Bonchev–Trinajstić information content (AvgIpc) is 2.79. The third-order valence-corrected chi connectivity index (χ3v) is 4.80. The lowest BCUT2D eigenvalue weighted by molar-refractivity contribution is -0.117. The summed E-state index contributed by atoms with van der Waals surface area (Å²) in [6, 6.07) is 12.7. The minimum atomic E-state index is -0.211. The standard InChI is InChI=1S/C24H26N2O5/c1-16(2)24(18-6-8-20-22(15-18)31-13-12-30-20)26-23(27)9-5-17-4-7-19(29-11-10-25)21(14-17)28-3/h4-9,14-16,24H,11-13H2,1-3H3,(H,26,27)/b9-5+. The number of carbonyl (C=O) groups is 1. The third kappa shape index (κ3) is 5.70. The van der Waals surface area contributed by atoms with Crippen LogP contribution < -0.4 is 24.3 Å². The van der Waals surface area contributed by atoms with E-state index in [1.165, 1.54) is 13.2 Å². The Bertz CT molecular complexity index is 994. The molecule has 1 heterocycles. The molecular formula is C24H26N2O5. The summed E-state index contributed by atoms with van der Waals surface area (Å²) in [6.07, 6.45) is 3.19. The maximum atomic E-state index is 12.6. The van der Waals surface area contributed by atoms with Crippen LogP contribution in [0.15, 0.2) is 42.5 Å². The van der Waals surface area contributed by atoms with Gasteiger partial charge in [0, 0.05) is 6.08 Å². The summed E-state index contributed by atoms with van der Waals surface area (Å²) < 4.78 is 21.9. The first kappa shape index (κ1) is 22.0. The number of hydrogen-bond donors (Lipinski definition) is 1. The van der Waals surface area contributed by atoms with Crippen molar-refractivity contribution in [2.75, 3.05) is 26.9 Å². The number of amides is 1. The fraction of sp³-hybridized carbons (Fsp3) is 0.333. The van der Waals surface area contributed by atoms with Crippen LogP contribution in [0.4, 0.5) is 0 Å². The van der Waals surface area contributed by atoms with E-state index in [9.17, 15) is 4.79 Å². The molecule has 1 aliphatic rings. The minimum absolute atomic E-state index is 0.0651. The van der Waals surface area contributed by atoms with Crippen molar-refractivity contribution in [3.05, 3.63) is 53.6 Å². The van der Waals surface area contributed by atoms with E-state index in [0.717, 1.165) is 16.9 Å². The summed E-state index contributed by atoms with van der Waals surface area (Å²) in [5.74, 6) is 2.36. The lowest BCUT2D eigenvalue weighted by atomic mass is 9.95. The van der Waals surface area contributed by atoms with Gasteiger partial charge in [0.05, 0.1) is 13.2 Å². The number of nitrogens with zero attached hydrogens (tertiary/aromatic N) is 1. The van der Waals surface area contributed by atoms with Gasteiger partial charge >= 0.3 is 0 Å². The maximum Gasteiger partial charge on any atom is 0.244 e. The van der Waals surface area contributed by atoms with Gasteiger partial charge in [-0.3, -0.25) is 4.79 Å². The highest BCUT2D eigenvalue weighted by molar-refractivity contribution is 5.92. The number of benzene rings is 2. The molecule has 0 radical (unpaired) electrons. The van der Waals surface area contributed by atoms with E-state index in [-0.39, 0.29) is 24.5 Å². The number of methoxy groups -OCH3 is 1. The minimum Gasteiger partial charge on any atom is -0.493 e. The first-order chi connectivity index (χ1) is 15.0. The molecule has 31 heavy (non-hydrogen) atoms. The molecule has 2 aromatic rings. The van der Waals surface area contributed by atoms with Crippen molar-refractivity contribution in [3.8, 4) is 29.1 Å². The second-order valence-corrected chi connectivity index (χ2v) is 7.32. The highest BCUT2D eigenvalue weighted by atomic mass is 16.6. The average molecular weight is 422 g/mol. The van der Waals surface area contributed by atoms with Crippen molar-refractivity contribution in [2.45, 2.75) is 19.9 Å². The highest BCUT2D eigenvalue weighted by Gasteiger charge is 2.20. The molecule has 162 valence electrons. The molecule has 1 amide bonds. The van der Waals surface area contributed by atoms with Crippen LogP contribution in [0.3, 0.4) is 0 Å². The number of nitrogens with one attached hydrogen (secondary N) is 1. The molecule has 0 bridgehead atoms. The zero-order valence-corrected chi connectivity index (χ0v) is 17.9. The second-order valence-electron chi connectivity index (χ2n) is 7.32. The van der Waals surface area contributed by atoms with Crippen molar-refractivity contribution in [3.63, 3.8) is 0 Å². The van der Waals surface area contributed by atoms with Crippen LogP contribution in [0.5, 0.6) is 23.0 Å². The molecule has 0 aromatic heterocycles. The van der Waals surface area contributed by atoms with Crippen molar-refractivity contribution in [1.82, 2.24) is 5.32 Å². The van der Waals surface area contributed by atoms with E-state index < -0.39 is 0 Å². The number of ether oxygens (including phenoxy) is 4. The van der Waals surface area contributed by atoms with E-state index >= 15 is 0 Å². The van der Waals surface area contributed by atoms with Gasteiger partial charge in [0.15, 0.2) is 29.6 Å². The van der Waals surface area contributed by atoms with Crippen LogP contribution in [-0.2, 0) is 4.79 Å². The van der Waals surface area contributed by atoms with Crippen molar-refractivity contribution in [2.24, 2.45) is 5.92 Å². The Balaban J connectivity index is 1.70. The fourth-order valence-corrected chi connectivity index (χ4v) is 3.28. The number of rotatable bonds is 8. The molecule has 1 aliphatic heterocycles. The molecule has 1 N–H and O–H groups in total. The molecule has 1 unspecified atom stereocenters. The first-order valence-corrected chi connectivity index (χ1v) is 10.1. The van der Waals surface area contributed by atoms with E-state index in [4.69, 9.17) is 24.2 Å². The predicted octanol–water partition coefficient (Wildman–Crippen LogP) is 3.90. The summed E-state index contributed by atoms with van der Waals surface area (Å²) in [5, 5.41) is 11.7. The van der Waals surface area contributed by atoms with Crippen LogP contribution in [0, 0.1) is 17.2 Å². The Morgan fingerprint density at radius 2 is 1.94 bits per heavy atom. The molecule has 7 heteroatoms. The van der Waals surface area contributed by atoms with Gasteiger partial charge in [0.1, 0.15) is 19.3 Å². The van der Waals surface area contributed by atoms with Crippen LogP contribution >= 0.6 is 0 Å². The van der Waals surface area contributed by atoms with E-state index in [2.05, 4.69) is 19.2 Å². The van der Waals surface area contributed by atoms with Crippen molar-refractivity contribution in [1.29, 1.82) is 5.26 Å². The second kappa shape index (κ2) is 10.4. The SMILES string of the molecule is COc1cc(/C=C/C(=O)NC(c2ccc3c(c2)OCCO3)C(C)C)ccc1OCC#N. The Morgan fingerprint density at radius 3 is 2.65 bits per heavy atom.